The van der Waals surface area contributed by atoms with Crippen LogP contribution >= 0.6 is 0 Å². The molecule has 0 fully saturated rings. The Balaban J connectivity index is 2.10. The SMILES string of the molecule is CCCn1c(N)c(C(=O)C[NH+](C)CC(=O)Nc2cc(C)ccc2C)c(=O)[nH]c1=O. The summed E-state index contributed by atoms with van der Waals surface area (Å²) in [4.78, 5) is 51.7. The number of nitrogens with two attached hydrogens (primary N) is 1. The van der Waals surface area contributed by atoms with Crippen LogP contribution in [0.4, 0.5) is 11.5 Å². The highest BCUT2D eigenvalue weighted by molar-refractivity contribution is 6.00. The molecule has 1 atom stereocenters. The number of hydrogen-bond acceptors (Lipinski definition) is 5. The number of quaternary nitrogens is 1. The normalized spacial score (nSPS) is 11.9. The third-order valence-electron chi connectivity index (χ3n) is 4.56. The van der Waals surface area contributed by atoms with Crippen molar-refractivity contribution in [2.24, 2.45) is 0 Å². The number of benzene rings is 1. The van der Waals surface area contributed by atoms with Crippen LogP contribution in [0, 0.1) is 13.8 Å². The van der Waals surface area contributed by atoms with Crippen molar-refractivity contribution in [1.82, 2.24) is 9.55 Å². The zero-order chi connectivity index (χ0) is 21.7. The highest BCUT2D eigenvalue weighted by atomic mass is 16.2. The van der Waals surface area contributed by atoms with Gasteiger partial charge in [-0.2, -0.15) is 0 Å². The lowest BCUT2D eigenvalue weighted by atomic mass is 10.1. The van der Waals surface area contributed by atoms with Gasteiger partial charge in [-0.25, -0.2) is 4.79 Å². The molecule has 9 heteroatoms. The summed E-state index contributed by atoms with van der Waals surface area (Å²) >= 11 is 0. The van der Waals surface area contributed by atoms with Crippen molar-refractivity contribution < 1.29 is 14.5 Å². The van der Waals surface area contributed by atoms with Crippen molar-refractivity contribution in [2.45, 2.75) is 33.7 Å². The minimum absolute atomic E-state index is 0.0333. The lowest BCUT2D eigenvalue weighted by Crippen LogP contribution is -3.11. The molecule has 0 aliphatic rings. The fraction of sp³-hybridized carbons (Fsp3) is 0.400. The smallest absolute Gasteiger partial charge is 0.329 e. The third kappa shape index (κ3) is 5.41. The molecular weight excluding hydrogens is 374 g/mol. The van der Waals surface area contributed by atoms with Gasteiger partial charge < -0.3 is 16.0 Å². The predicted octanol–water partition coefficient (Wildman–Crippen LogP) is -0.518. The van der Waals surface area contributed by atoms with E-state index in [-0.39, 0.29) is 30.4 Å². The maximum absolute atomic E-state index is 12.6. The molecule has 0 saturated carbocycles. The van der Waals surface area contributed by atoms with E-state index in [0.717, 1.165) is 16.8 Å². The standard InChI is InChI=1S/C20H27N5O4/c1-5-8-25-18(21)17(19(28)23-20(25)29)15(26)10-24(4)11-16(27)22-14-9-12(2)6-7-13(14)3/h6-7,9H,5,8,10-11,21H2,1-4H3,(H,22,27)(H,23,28,29)/p+1. The summed E-state index contributed by atoms with van der Waals surface area (Å²) in [6, 6.07) is 5.76. The van der Waals surface area contributed by atoms with Crippen molar-refractivity contribution in [3.05, 3.63) is 55.7 Å². The van der Waals surface area contributed by atoms with E-state index in [1.54, 1.807) is 7.05 Å². The van der Waals surface area contributed by atoms with Crippen molar-refractivity contribution >= 4 is 23.2 Å². The molecular formula is C20H28N5O4+. The van der Waals surface area contributed by atoms with E-state index in [0.29, 0.717) is 17.9 Å². The lowest BCUT2D eigenvalue weighted by molar-refractivity contribution is -0.861. The first kappa shape index (κ1) is 22.1. The quantitative estimate of drug-likeness (QED) is 0.441. The number of carbonyl (C=O) groups is 2. The molecule has 1 amide bonds. The Morgan fingerprint density at radius 1 is 1.21 bits per heavy atom. The van der Waals surface area contributed by atoms with Gasteiger partial charge in [0.1, 0.15) is 17.9 Å². The van der Waals surface area contributed by atoms with Crippen molar-refractivity contribution in [3.8, 4) is 0 Å². The van der Waals surface area contributed by atoms with E-state index in [4.69, 9.17) is 5.73 Å². The molecule has 2 rings (SSSR count). The van der Waals surface area contributed by atoms with Crippen LogP contribution in [0.1, 0.15) is 34.8 Å². The number of Topliss-reactive ketones (excluding diaryl/α,β-unsaturated/α-hetero) is 1. The van der Waals surface area contributed by atoms with Gasteiger partial charge in [0.05, 0.1) is 7.05 Å². The second kappa shape index (κ2) is 9.33. The third-order valence-corrected chi connectivity index (χ3v) is 4.56. The second-order valence-electron chi connectivity index (χ2n) is 7.27. The van der Waals surface area contributed by atoms with Gasteiger partial charge in [-0.3, -0.25) is 23.9 Å². The zero-order valence-electron chi connectivity index (χ0n) is 17.2. The molecule has 29 heavy (non-hydrogen) atoms. The summed E-state index contributed by atoms with van der Waals surface area (Å²) in [7, 11) is 1.67. The second-order valence-corrected chi connectivity index (χ2v) is 7.27. The van der Waals surface area contributed by atoms with Crippen LogP contribution in [0.25, 0.3) is 0 Å². The molecule has 0 radical (unpaired) electrons. The number of amides is 1. The average Bonchev–Trinajstić information content (AvgIpc) is 2.61. The number of aromatic nitrogens is 2. The van der Waals surface area contributed by atoms with Crippen molar-refractivity contribution in [1.29, 1.82) is 0 Å². The van der Waals surface area contributed by atoms with E-state index in [1.807, 2.05) is 39.0 Å². The van der Waals surface area contributed by atoms with Gasteiger partial charge in [-0.15, -0.1) is 0 Å². The predicted molar refractivity (Wildman–Crippen MR) is 112 cm³/mol. The number of anilines is 2. The number of nitrogen functional groups attached to an aromatic ring is 1. The number of nitrogens with zero attached hydrogens (tertiary/aromatic N) is 1. The fourth-order valence-corrected chi connectivity index (χ4v) is 3.07. The number of ketones is 1. The molecule has 5 N–H and O–H groups in total. The molecule has 1 aromatic heterocycles. The largest absolute Gasteiger partial charge is 0.384 e. The Kier molecular flexibility index (Phi) is 7.11. The van der Waals surface area contributed by atoms with E-state index in [1.165, 1.54) is 4.57 Å². The first-order chi connectivity index (χ1) is 13.6. The van der Waals surface area contributed by atoms with Crippen LogP contribution in [0.15, 0.2) is 27.8 Å². The monoisotopic (exact) mass is 402 g/mol. The van der Waals surface area contributed by atoms with E-state index < -0.39 is 17.0 Å². The van der Waals surface area contributed by atoms with Gasteiger partial charge in [0.2, 0.25) is 5.78 Å². The Bertz CT molecular complexity index is 1040. The van der Waals surface area contributed by atoms with Crippen LogP contribution in [0.5, 0.6) is 0 Å². The Morgan fingerprint density at radius 3 is 2.55 bits per heavy atom. The van der Waals surface area contributed by atoms with Gasteiger partial charge in [-0.05, 0) is 37.5 Å². The summed E-state index contributed by atoms with van der Waals surface area (Å²) in [6.45, 7) is 5.90. The first-order valence-electron chi connectivity index (χ1n) is 9.48. The minimum atomic E-state index is -0.808. The molecule has 156 valence electrons. The molecule has 1 aromatic carbocycles. The number of nitrogens with one attached hydrogen (secondary N) is 3. The molecule has 0 saturated heterocycles. The number of carbonyl (C=O) groups excluding carboxylic acids is 2. The van der Waals surface area contributed by atoms with Gasteiger partial charge in [-0.1, -0.05) is 19.1 Å². The summed E-state index contributed by atoms with van der Waals surface area (Å²) < 4.78 is 1.18. The maximum atomic E-state index is 12.6. The number of aryl methyl sites for hydroxylation is 2. The number of aromatic amines is 1. The van der Waals surface area contributed by atoms with Gasteiger partial charge >= 0.3 is 5.69 Å². The molecule has 0 bridgehead atoms. The van der Waals surface area contributed by atoms with Crippen LogP contribution in [-0.2, 0) is 11.3 Å². The summed E-state index contributed by atoms with van der Waals surface area (Å²) in [5, 5.41) is 2.84. The molecule has 1 heterocycles. The highest BCUT2D eigenvalue weighted by Crippen LogP contribution is 2.15. The molecule has 0 aliphatic carbocycles. The van der Waals surface area contributed by atoms with Crippen molar-refractivity contribution in [2.75, 3.05) is 31.2 Å². The lowest BCUT2D eigenvalue weighted by Gasteiger charge is -2.15. The summed E-state index contributed by atoms with van der Waals surface area (Å²) in [5.41, 5.74) is 6.92. The number of hydrogen-bond donors (Lipinski definition) is 4. The number of H-pyrrole nitrogens is 1. The average molecular weight is 402 g/mol. The molecule has 2 aromatic rings. The van der Waals surface area contributed by atoms with E-state index >= 15 is 0 Å². The van der Waals surface area contributed by atoms with E-state index in [9.17, 15) is 19.2 Å². The minimum Gasteiger partial charge on any atom is -0.384 e. The molecule has 0 spiro atoms. The van der Waals surface area contributed by atoms with Crippen LogP contribution in [0.3, 0.4) is 0 Å². The van der Waals surface area contributed by atoms with Gasteiger partial charge in [0, 0.05) is 12.2 Å². The topological polar surface area (TPSA) is 131 Å². The van der Waals surface area contributed by atoms with Gasteiger partial charge in [0.25, 0.3) is 11.5 Å². The Morgan fingerprint density at radius 2 is 1.90 bits per heavy atom. The van der Waals surface area contributed by atoms with Crippen molar-refractivity contribution in [3.63, 3.8) is 0 Å². The molecule has 1 unspecified atom stereocenters. The Hall–Kier alpha value is -3.20. The number of likely N-dealkylation sites (N-methyl/N-ethyl adjacent to an activating group) is 1. The summed E-state index contributed by atoms with van der Waals surface area (Å²) in [5.74, 6) is -0.911. The van der Waals surface area contributed by atoms with Crippen LogP contribution in [-0.4, -0.2) is 41.4 Å². The fourth-order valence-electron chi connectivity index (χ4n) is 3.07. The zero-order valence-corrected chi connectivity index (χ0v) is 17.2. The highest BCUT2D eigenvalue weighted by Gasteiger charge is 2.23. The van der Waals surface area contributed by atoms with E-state index in [2.05, 4.69) is 10.3 Å². The number of rotatable bonds is 8. The molecule has 0 aliphatic heterocycles. The van der Waals surface area contributed by atoms with Gasteiger partial charge in [0.15, 0.2) is 6.54 Å². The summed E-state index contributed by atoms with van der Waals surface area (Å²) in [6.07, 6.45) is 0.619. The van der Waals surface area contributed by atoms with Crippen LogP contribution < -0.4 is 27.2 Å². The first-order valence-corrected chi connectivity index (χ1v) is 9.48. The van der Waals surface area contributed by atoms with Crippen LogP contribution in [0.2, 0.25) is 0 Å². The maximum Gasteiger partial charge on any atom is 0.329 e. The molecule has 9 nitrogen and oxygen atoms in total. The Labute approximate surface area is 168 Å².